The number of nitrogens with two attached hydrogens (primary N) is 1. The Balaban J connectivity index is 2.91. The number of phenolic OH excluding ortho intramolecular Hbond substituents is 1. The standard InChI is InChI=1S/C20H30N4O7/c1-3-11(2)17(21)20(31)24-15(10-25)19(30)23-14(18(29)22-9-16(27)28)8-12-4-6-13(26)7-5-12/h4-7,11,14-15,17,25-26H,3,8-10,21H2,1-2H3,(H,22,29)(H,23,30)(H,24,31)(H,27,28). The average Bonchev–Trinajstić information content (AvgIpc) is 2.75. The first-order valence-electron chi connectivity index (χ1n) is 9.83. The van der Waals surface area contributed by atoms with Gasteiger partial charge in [0.2, 0.25) is 17.7 Å². The number of carbonyl (C=O) groups excluding carboxylic acids is 3. The lowest BCUT2D eigenvalue weighted by Crippen LogP contribution is -2.58. The quantitative estimate of drug-likeness (QED) is 0.204. The molecule has 0 saturated carbocycles. The number of aliphatic carboxylic acids is 1. The molecule has 0 aromatic heterocycles. The van der Waals surface area contributed by atoms with Crippen LogP contribution in [-0.4, -0.2) is 70.3 Å². The highest BCUT2D eigenvalue weighted by Gasteiger charge is 2.29. The number of aliphatic hydroxyl groups is 1. The lowest BCUT2D eigenvalue weighted by Gasteiger charge is -2.24. The molecule has 1 aromatic rings. The van der Waals surface area contributed by atoms with Gasteiger partial charge in [-0.1, -0.05) is 32.4 Å². The third kappa shape index (κ3) is 8.60. The fraction of sp³-hybridized carbons (Fsp3) is 0.500. The Labute approximate surface area is 180 Å². The molecule has 3 amide bonds. The number of benzene rings is 1. The smallest absolute Gasteiger partial charge is 0.322 e. The fourth-order valence-electron chi connectivity index (χ4n) is 2.61. The molecule has 11 nitrogen and oxygen atoms in total. The Morgan fingerprint density at radius 1 is 1.00 bits per heavy atom. The van der Waals surface area contributed by atoms with E-state index in [9.17, 15) is 29.4 Å². The predicted octanol–water partition coefficient (Wildman–Crippen LogP) is -1.53. The van der Waals surface area contributed by atoms with Gasteiger partial charge in [-0.15, -0.1) is 0 Å². The second-order valence-corrected chi connectivity index (χ2v) is 7.20. The monoisotopic (exact) mass is 438 g/mol. The Hall–Kier alpha value is -3.18. The van der Waals surface area contributed by atoms with Crippen molar-refractivity contribution >= 4 is 23.7 Å². The zero-order chi connectivity index (χ0) is 23.6. The van der Waals surface area contributed by atoms with E-state index in [1.807, 2.05) is 6.92 Å². The number of nitrogens with one attached hydrogen (secondary N) is 3. The van der Waals surface area contributed by atoms with E-state index >= 15 is 0 Å². The number of carboxylic acid groups (broad SMARTS) is 1. The van der Waals surface area contributed by atoms with Crippen LogP contribution in [0.5, 0.6) is 5.75 Å². The molecule has 0 fully saturated rings. The number of amides is 3. The van der Waals surface area contributed by atoms with Crippen molar-refractivity contribution in [1.29, 1.82) is 0 Å². The topological polar surface area (TPSA) is 191 Å². The van der Waals surface area contributed by atoms with E-state index in [4.69, 9.17) is 10.8 Å². The number of carbonyl (C=O) groups is 4. The normalized spacial score (nSPS) is 14.6. The maximum atomic E-state index is 12.6. The number of rotatable bonds is 12. The van der Waals surface area contributed by atoms with Crippen LogP contribution < -0.4 is 21.7 Å². The van der Waals surface area contributed by atoms with Gasteiger partial charge >= 0.3 is 5.97 Å². The van der Waals surface area contributed by atoms with E-state index < -0.39 is 55.0 Å². The molecule has 4 atom stereocenters. The molecule has 4 unspecified atom stereocenters. The summed E-state index contributed by atoms with van der Waals surface area (Å²) in [7, 11) is 0. The van der Waals surface area contributed by atoms with Crippen LogP contribution in [0.25, 0.3) is 0 Å². The first-order chi connectivity index (χ1) is 14.6. The Morgan fingerprint density at radius 3 is 2.10 bits per heavy atom. The largest absolute Gasteiger partial charge is 0.508 e. The minimum Gasteiger partial charge on any atom is -0.508 e. The Morgan fingerprint density at radius 2 is 1.58 bits per heavy atom. The van der Waals surface area contributed by atoms with Gasteiger partial charge in [0.15, 0.2) is 0 Å². The van der Waals surface area contributed by atoms with Crippen LogP contribution in [0.2, 0.25) is 0 Å². The number of phenols is 1. The molecule has 0 saturated heterocycles. The third-order valence-corrected chi connectivity index (χ3v) is 4.80. The summed E-state index contributed by atoms with van der Waals surface area (Å²) >= 11 is 0. The maximum absolute atomic E-state index is 12.6. The molecular weight excluding hydrogens is 408 g/mol. The van der Waals surface area contributed by atoms with Crippen LogP contribution in [0.3, 0.4) is 0 Å². The summed E-state index contributed by atoms with van der Waals surface area (Å²) in [5.74, 6) is -3.60. The van der Waals surface area contributed by atoms with E-state index in [2.05, 4.69) is 16.0 Å². The second-order valence-electron chi connectivity index (χ2n) is 7.20. The minimum absolute atomic E-state index is 0.0142. The minimum atomic E-state index is -1.35. The van der Waals surface area contributed by atoms with Crippen LogP contribution >= 0.6 is 0 Å². The molecule has 0 radical (unpaired) electrons. The summed E-state index contributed by atoms with van der Waals surface area (Å²) in [4.78, 5) is 48.0. The zero-order valence-corrected chi connectivity index (χ0v) is 17.5. The first kappa shape index (κ1) is 25.9. The van der Waals surface area contributed by atoms with Gasteiger partial charge in [-0.3, -0.25) is 19.2 Å². The van der Waals surface area contributed by atoms with Gasteiger partial charge in [-0.25, -0.2) is 0 Å². The van der Waals surface area contributed by atoms with E-state index in [0.717, 1.165) is 0 Å². The summed E-state index contributed by atoms with van der Waals surface area (Å²) in [6.07, 6.45) is 0.624. The molecule has 11 heteroatoms. The van der Waals surface area contributed by atoms with Crippen molar-refractivity contribution in [1.82, 2.24) is 16.0 Å². The molecule has 0 spiro atoms. The average molecular weight is 438 g/mol. The van der Waals surface area contributed by atoms with Crippen LogP contribution in [0.1, 0.15) is 25.8 Å². The SMILES string of the molecule is CCC(C)C(N)C(=O)NC(CO)C(=O)NC(Cc1ccc(O)cc1)C(=O)NCC(=O)O. The fourth-order valence-corrected chi connectivity index (χ4v) is 2.61. The van der Waals surface area contributed by atoms with Crippen molar-refractivity contribution < 1.29 is 34.5 Å². The number of aromatic hydroxyl groups is 1. The van der Waals surface area contributed by atoms with E-state index in [1.54, 1.807) is 6.92 Å². The highest BCUT2D eigenvalue weighted by molar-refractivity contribution is 5.93. The van der Waals surface area contributed by atoms with E-state index in [0.29, 0.717) is 12.0 Å². The molecule has 31 heavy (non-hydrogen) atoms. The number of hydrogen-bond acceptors (Lipinski definition) is 7. The van der Waals surface area contributed by atoms with Crippen molar-refractivity contribution in [3.05, 3.63) is 29.8 Å². The summed E-state index contributed by atoms with van der Waals surface area (Å²) in [6.45, 7) is 2.26. The first-order valence-corrected chi connectivity index (χ1v) is 9.83. The van der Waals surface area contributed by atoms with Crippen molar-refractivity contribution in [2.75, 3.05) is 13.2 Å². The molecule has 1 rings (SSSR count). The molecule has 0 aliphatic carbocycles. The summed E-state index contributed by atoms with van der Waals surface area (Å²) in [6, 6.07) is 2.46. The van der Waals surface area contributed by atoms with Gasteiger partial charge in [0.25, 0.3) is 0 Å². The van der Waals surface area contributed by atoms with Crippen molar-refractivity contribution in [3.63, 3.8) is 0 Å². The molecule has 8 N–H and O–H groups in total. The zero-order valence-electron chi connectivity index (χ0n) is 17.5. The molecule has 0 heterocycles. The molecular formula is C20H30N4O7. The Bertz CT molecular complexity index is 769. The molecule has 0 bridgehead atoms. The number of aliphatic hydroxyl groups excluding tert-OH is 1. The van der Waals surface area contributed by atoms with Crippen molar-refractivity contribution in [3.8, 4) is 5.75 Å². The molecule has 0 aliphatic rings. The lowest BCUT2D eigenvalue weighted by molar-refractivity contribution is -0.138. The maximum Gasteiger partial charge on any atom is 0.322 e. The molecule has 1 aromatic carbocycles. The van der Waals surface area contributed by atoms with Crippen LogP contribution in [0.4, 0.5) is 0 Å². The van der Waals surface area contributed by atoms with Gasteiger partial charge in [0.05, 0.1) is 12.6 Å². The second kappa shape index (κ2) is 12.5. The van der Waals surface area contributed by atoms with Crippen LogP contribution in [0, 0.1) is 5.92 Å². The summed E-state index contributed by atoms with van der Waals surface area (Å²) in [5.41, 5.74) is 6.42. The number of carboxylic acids is 1. The highest BCUT2D eigenvalue weighted by atomic mass is 16.4. The third-order valence-electron chi connectivity index (χ3n) is 4.80. The van der Waals surface area contributed by atoms with Crippen molar-refractivity contribution in [2.45, 2.75) is 44.8 Å². The van der Waals surface area contributed by atoms with Gasteiger partial charge < -0.3 is 37.0 Å². The predicted molar refractivity (Wildman–Crippen MR) is 111 cm³/mol. The van der Waals surface area contributed by atoms with E-state index in [1.165, 1.54) is 24.3 Å². The lowest BCUT2D eigenvalue weighted by atomic mass is 9.99. The summed E-state index contributed by atoms with van der Waals surface area (Å²) < 4.78 is 0. The number of hydrogen-bond donors (Lipinski definition) is 7. The van der Waals surface area contributed by atoms with E-state index in [-0.39, 0.29) is 18.1 Å². The Kier molecular flexibility index (Phi) is 10.4. The van der Waals surface area contributed by atoms with Gasteiger partial charge in [0.1, 0.15) is 24.4 Å². The molecule has 0 aliphatic heterocycles. The van der Waals surface area contributed by atoms with Gasteiger partial charge in [0, 0.05) is 6.42 Å². The van der Waals surface area contributed by atoms with Crippen LogP contribution in [-0.2, 0) is 25.6 Å². The van der Waals surface area contributed by atoms with Crippen LogP contribution in [0.15, 0.2) is 24.3 Å². The molecule has 172 valence electrons. The van der Waals surface area contributed by atoms with Gasteiger partial charge in [-0.2, -0.15) is 0 Å². The van der Waals surface area contributed by atoms with Gasteiger partial charge in [-0.05, 0) is 23.6 Å². The summed E-state index contributed by atoms with van der Waals surface area (Å²) in [5, 5.41) is 34.7. The highest BCUT2D eigenvalue weighted by Crippen LogP contribution is 2.12. The van der Waals surface area contributed by atoms with Crippen molar-refractivity contribution in [2.24, 2.45) is 11.7 Å².